The van der Waals surface area contributed by atoms with Gasteiger partial charge in [0.15, 0.2) is 0 Å². The van der Waals surface area contributed by atoms with Gasteiger partial charge in [0.25, 0.3) is 0 Å². The van der Waals surface area contributed by atoms with Gasteiger partial charge < -0.3 is 5.32 Å². The van der Waals surface area contributed by atoms with E-state index in [2.05, 4.69) is 5.32 Å². The van der Waals surface area contributed by atoms with Crippen LogP contribution in [0.4, 0.5) is 0 Å². The van der Waals surface area contributed by atoms with Gasteiger partial charge in [-0.25, -0.2) is 12.7 Å². The molecule has 1 aliphatic heterocycles. The first-order chi connectivity index (χ1) is 7.49. The van der Waals surface area contributed by atoms with Gasteiger partial charge in [0, 0.05) is 19.1 Å². The zero-order valence-electron chi connectivity index (χ0n) is 9.28. The molecule has 1 fully saturated rings. The van der Waals surface area contributed by atoms with Crippen molar-refractivity contribution in [3.63, 3.8) is 0 Å². The maximum Gasteiger partial charge on any atom is 0.235 e. The minimum Gasteiger partial charge on any atom is -0.352 e. The second kappa shape index (κ2) is 5.84. The first kappa shape index (κ1) is 13.7. The lowest BCUT2D eigenvalue weighted by atomic mass is 10.1. The van der Waals surface area contributed by atoms with Gasteiger partial charge in [-0.3, -0.25) is 4.79 Å². The van der Waals surface area contributed by atoms with Gasteiger partial charge >= 0.3 is 0 Å². The van der Waals surface area contributed by atoms with Crippen LogP contribution in [0.25, 0.3) is 0 Å². The molecule has 1 amide bonds. The maximum absolute atomic E-state index is 11.6. The number of hydrogen-bond acceptors (Lipinski definition) is 3. The van der Waals surface area contributed by atoms with E-state index in [1.807, 2.05) is 0 Å². The van der Waals surface area contributed by atoms with Gasteiger partial charge in [-0.1, -0.05) is 0 Å². The Bertz CT molecular complexity index is 337. The topological polar surface area (TPSA) is 66.5 Å². The average molecular weight is 269 g/mol. The molecular weight excluding hydrogens is 252 g/mol. The molecule has 0 bridgehead atoms. The summed E-state index contributed by atoms with van der Waals surface area (Å²) < 4.78 is 24.6. The summed E-state index contributed by atoms with van der Waals surface area (Å²) in [6.45, 7) is 2.59. The Morgan fingerprint density at radius 3 is 2.44 bits per heavy atom. The van der Waals surface area contributed by atoms with Crippen molar-refractivity contribution in [2.24, 2.45) is 0 Å². The number of hydrogen-bond donors (Lipinski definition) is 1. The largest absolute Gasteiger partial charge is 0.352 e. The van der Waals surface area contributed by atoms with Crippen molar-refractivity contribution in [3.05, 3.63) is 0 Å². The van der Waals surface area contributed by atoms with Crippen LogP contribution < -0.4 is 5.32 Å². The van der Waals surface area contributed by atoms with E-state index in [-0.39, 0.29) is 23.6 Å². The summed E-state index contributed by atoms with van der Waals surface area (Å²) in [7, 11) is -3.08. The Balaban J connectivity index is 2.43. The van der Waals surface area contributed by atoms with E-state index < -0.39 is 10.0 Å². The molecule has 1 N–H and O–H groups in total. The van der Waals surface area contributed by atoms with Crippen LogP contribution in [0.3, 0.4) is 0 Å². The highest BCUT2D eigenvalue weighted by atomic mass is 35.5. The highest BCUT2D eigenvalue weighted by Gasteiger charge is 2.26. The van der Waals surface area contributed by atoms with E-state index in [9.17, 15) is 13.2 Å². The molecule has 0 aliphatic carbocycles. The molecule has 16 heavy (non-hydrogen) atoms. The lowest BCUT2D eigenvalue weighted by molar-refractivity contribution is -0.119. The Hall–Kier alpha value is -0.330. The molecule has 1 heterocycles. The number of carbonyl (C=O) groups excluding carboxylic acids is 1. The summed E-state index contributed by atoms with van der Waals surface area (Å²) >= 11 is 5.38. The lowest BCUT2D eigenvalue weighted by Crippen LogP contribution is -2.47. The number of nitrogens with one attached hydrogen (secondary N) is 1. The molecule has 0 radical (unpaired) electrons. The van der Waals surface area contributed by atoms with E-state index in [0.29, 0.717) is 25.9 Å². The van der Waals surface area contributed by atoms with Gasteiger partial charge in [-0.05, 0) is 19.8 Å². The number of sulfonamides is 1. The first-order valence-electron chi connectivity index (χ1n) is 5.32. The van der Waals surface area contributed by atoms with Crippen LogP contribution >= 0.6 is 11.6 Å². The smallest absolute Gasteiger partial charge is 0.235 e. The molecule has 0 saturated carbocycles. The predicted octanol–water partition coefficient (Wildman–Crippen LogP) is 0.155. The Kier molecular flexibility index (Phi) is 5.01. The Morgan fingerprint density at radius 1 is 1.44 bits per heavy atom. The van der Waals surface area contributed by atoms with Gasteiger partial charge in [0.05, 0.1) is 5.75 Å². The molecule has 7 heteroatoms. The quantitative estimate of drug-likeness (QED) is 0.739. The summed E-state index contributed by atoms with van der Waals surface area (Å²) in [5, 5.41) is 2.77. The molecule has 0 aromatic rings. The highest BCUT2D eigenvalue weighted by molar-refractivity contribution is 7.89. The molecule has 1 saturated heterocycles. The number of piperidine rings is 1. The standard InChI is InChI=1S/C9H17ClN2O3S/c1-2-16(14,15)12-5-3-8(4-6-12)11-9(13)7-10/h8H,2-7H2,1H3,(H,11,13). The van der Waals surface area contributed by atoms with Crippen molar-refractivity contribution < 1.29 is 13.2 Å². The third-order valence-corrected chi connectivity index (χ3v) is 4.82. The maximum atomic E-state index is 11.6. The number of carbonyl (C=O) groups is 1. The monoisotopic (exact) mass is 268 g/mol. The molecule has 5 nitrogen and oxygen atoms in total. The third-order valence-electron chi connectivity index (χ3n) is 2.70. The zero-order chi connectivity index (χ0) is 12.2. The molecule has 0 aromatic carbocycles. The fourth-order valence-electron chi connectivity index (χ4n) is 1.73. The summed E-state index contributed by atoms with van der Waals surface area (Å²) in [5.74, 6) is -0.113. The molecule has 0 atom stereocenters. The summed E-state index contributed by atoms with van der Waals surface area (Å²) in [5.41, 5.74) is 0. The van der Waals surface area contributed by atoms with Gasteiger partial charge in [0.1, 0.15) is 5.88 Å². The van der Waals surface area contributed by atoms with Crippen LogP contribution in [0.1, 0.15) is 19.8 Å². The third kappa shape index (κ3) is 3.61. The number of alkyl halides is 1. The Morgan fingerprint density at radius 2 is 2.00 bits per heavy atom. The summed E-state index contributed by atoms with van der Waals surface area (Å²) in [4.78, 5) is 11.0. The predicted molar refractivity (Wildman–Crippen MR) is 62.9 cm³/mol. The van der Waals surface area contributed by atoms with Gasteiger partial charge in [-0.15, -0.1) is 11.6 Å². The van der Waals surface area contributed by atoms with Crippen LogP contribution in [0.5, 0.6) is 0 Å². The van der Waals surface area contributed by atoms with Crippen molar-refractivity contribution in [3.8, 4) is 0 Å². The second-order valence-electron chi connectivity index (χ2n) is 3.78. The van der Waals surface area contributed by atoms with Crippen molar-refractivity contribution >= 4 is 27.5 Å². The second-order valence-corrected chi connectivity index (χ2v) is 6.30. The van der Waals surface area contributed by atoms with Crippen LogP contribution in [-0.4, -0.2) is 49.4 Å². The molecule has 94 valence electrons. The van der Waals surface area contributed by atoms with Crippen LogP contribution in [0.15, 0.2) is 0 Å². The van der Waals surface area contributed by atoms with E-state index >= 15 is 0 Å². The van der Waals surface area contributed by atoms with Crippen LogP contribution in [0.2, 0.25) is 0 Å². The van der Waals surface area contributed by atoms with Crippen molar-refractivity contribution in [2.45, 2.75) is 25.8 Å². The highest BCUT2D eigenvalue weighted by Crippen LogP contribution is 2.14. The number of nitrogens with zero attached hydrogens (tertiary/aromatic N) is 1. The van der Waals surface area contributed by atoms with Crippen LogP contribution in [0, 0.1) is 0 Å². The summed E-state index contributed by atoms with van der Waals surface area (Å²) in [6.07, 6.45) is 1.31. The van der Waals surface area contributed by atoms with E-state index in [4.69, 9.17) is 11.6 Å². The first-order valence-corrected chi connectivity index (χ1v) is 7.47. The Labute approximate surface area is 101 Å². The van der Waals surface area contributed by atoms with E-state index in [0.717, 1.165) is 0 Å². The minimum atomic E-state index is -3.08. The van der Waals surface area contributed by atoms with Gasteiger partial charge in [0.2, 0.25) is 15.9 Å². The fourth-order valence-corrected chi connectivity index (χ4v) is 2.94. The molecule has 0 aromatic heterocycles. The van der Waals surface area contributed by atoms with Crippen molar-refractivity contribution in [1.82, 2.24) is 9.62 Å². The van der Waals surface area contributed by atoms with Gasteiger partial charge in [-0.2, -0.15) is 0 Å². The van der Waals surface area contributed by atoms with E-state index in [1.165, 1.54) is 4.31 Å². The molecular formula is C9H17ClN2O3S. The number of halogens is 1. The zero-order valence-corrected chi connectivity index (χ0v) is 10.9. The van der Waals surface area contributed by atoms with Crippen molar-refractivity contribution in [2.75, 3.05) is 24.7 Å². The molecule has 0 unspecified atom stereocenters. The number of amides is 1. The van der Waals surface area contributed by atoms with Crippen molar-refractivity contribution in [1.29, 1.82) is 0 Å². The minimum absolute atomic E-state index is 0.0481. The lowest BCUT2D eigenvalue weighted by Gasteiger charge is -2.31. The van der Waals surface area contributed by atoms with E-state index in [1.54, 1.807) is 6.92 Å². The molecule has 0 spiro atoms. The molecule has 1 aliphatic rings. The average Bonchev–Trinajstić information content (AvgIpc) is 2.29. The van der Waals surface area contributed by atoms with Crippen LogP contribution in [-0.2, 0) is 14.8 Å². The fraction of sp³-hybridized carbons (Fsp3) is 0.889. The SMILES string of the molecule is CCS(=O)(=O)N1CCC(NC(=O)CCl)CC1. The molecule has 1 rings (SSSR count). The number of rotatable bonds is 4. The normalized spacial score (nSPS) is 19.6. The summed E-state index contributed by atoms with van der Waals surface area (Å²) in [6, 6.07) is 0.0505.